The summed E-state index contributed by atoms with van der Waals surface area (Å²) in [6.07, 6.45) is 0.149. The first kappa shape index (κ1) is 9.06. The topological polar surface area (TPSA) is 49.3 Å². The molecule has 12 heavy (non-hydrogen) atoms. The van der Waals surface area contributed by atoms with Gasteiger partial charge >= 0.3 is 5.97 Å². The quantitative estimate of drug-likeness (QED) is 0.754. The zero-order valence-electron chi connectivity index (χ0n) is 6.78. The van der Waals surface area contributed by atoms with Crippen molar-refractivity contribution in [3.05, 3.63) is 16.8 Å². The summed E-state index contributed by atoms with van der Waals surface area (Å²) in [5, 5.41) is 15.5. The smallest absolute Gasteiger partial charge is 0.305 e. The van der Waals surface area contributed by atoms with Gasteiger partial charge in [-0.2, -0.15) is 11.3 Å². The van der Waals surface area contributed by atoms with E-state index in [9.17, 15) is 4.79 Å². The second-order valence-corrected chi connectivity index (χ2v) is 3.44. The molecule has 0 aromatic carbocycles. The molecule has 1 atom stereocenters. The zero-order valence-corrected chi connectivity index (χ0v) is 7.60. The average molecular weight is 185 g/mol. The summed E-state index contributed by atoms with van der Waals surface area (Å²) in [6.45, 7) is 1.85. The van der Waals surface area contributed by atoms with E-state index in [1.165, 1.54) is 0 Å². The Kier molecular flexibility index (Phi) is 3.10. The van der Waals surface area contributed by atoms with Crippen molar-refractivity contribution in [1.82, 2.24) is 0 Å². The molecule has 0 aliphatic carbocycles. The average Bonchev–Trinajstić information content (AvgIpc) is 2.37. The molecule has 0 bridgehead atoms. The van der Waals surface area contributed by atoms with Crippen LogP contribution in [0.15, 0.2) is 16.8 Å². The zero-order chi connectivity index (χ0) is 8.97. The lowest BCUT2D eigenvalue weighted by atomic mass is 10.2. The molecule has 1 aromatic rings. The van der Waals surface area contributed by atoms with Crippen LogP contribution in [-0.2, 0) is 4.79 Å². The predicted octanol–water partition coefficient (Wildman–Crippen LogP) is 2.02. The molecule has 1 aromatic heterocycles. The molecular weight excluding hydrogens is 174 g/mol. The highest BCUT2D eigenvalue weighted by molar-refractivity contribution is 7.08. The first-order chi connectivity index (χ1) is 5.68. The minimum Gasteiger partial charge on any atom is -0.481 e. The Morgan fingerprint density at radius 2 is 2.58 bits per heavy atom. The van der Waals surface area contributed by atoms with Crippen molar-refractivity contribution in [3.8, 4) is 0 Å². The fourth-order valence-corrected chi connectivity index (χ4v) is 1.54. The second-order valence-electron chi connectivity index (χ2n) is 2.66. The van der Waals surface area contributed by atoms with Gasteiger partial charge in [0, 0.05) is 17.1 Å². The van der Waals surface area contributed by atoms with Gasteiger partial charge in [-0.25, -0.2) is 0 Å². The van der Waals surface area contributed by atoms with Gasteiger partial charge in [-0.05, 0) is 18.4 Å². The van der Waals surface area contributed by atoms with Crippen molar-refractivity contribution < 1.29 is 9.90 Å². The molecule has 3 nitrogen and oxygen atoms in total. The van der Waals surface area contributed by atoms with E-state index in [-0.39, 0.29) is 12.5 Å². The molecule has 0 spiro atoms. The van der Waals surface area contributed by atoms with Crippen LogP contribution in [0.1, 0.15) is 13.3 Å². The van der Waals surface area contributed by atoms with Crippen LogP contribution in [-0.4, -0.2) is 17.1 Å². The van der Waals surface area contributed by atoms with Crippen LogP contribution in [0.5, 0.6) is 0 Å². The lowest BCUT2D eigenvalue weighted by Gasteiger charge is -2.10. The summed E-state index contributed by atoms with van der Waals surface area (Å²) in [4.78, 5) is 10.3. The Morgan fingerprint density at radius 3 is 3.08 bits per heavy atom. The minimum absolute atomic E-state index is 0.0166. The summed E-state index contributed by atoms with van der Waals surface area (Å²) in [7, 11) is 0. The molecule has 66 valence electrons. The maximum Gasteiger partial charge on any atom is 0.305 e. The lowest BCUT2D eigenvalue weighted by Crippen LogP contribution is -2.18. The summed E-state index contributed by atoms with van der Waals surface area (Å²) in [5.74, 6) is -0.773. The first-order valence-corrected chi connectivity index (χ1v) is 4.63. The van der Waals surface area contributed by atoms with Gasteiger partial charge in [-0.3, -0.25) is 4.79 Å². The molecule has 0 saturated heterocycles. The molecule has 1 rings (SSSR count). The van der Waals surface area contributed by atoms with Crippen molar-refractivity contribution in [3.63, 3.8) is 0 Å². The van der Waals surface area contributed by atoms with Crippen LogP contribution in [0.3, 0.4) is 0 Å². The van der Waals surface area contributed by atoms with Gasteiger partial charge in [0.2, 0.25) is 0 Å². The number of hydrogen-bond donors (Lipinski definition) is 2. The number of hydrogen-bond acceptors (Lipinski definition) is 3. The molecule has 0 amide bonds. The van der Waals surface area contributed by atoms with E-state index < -0.39 is 5.97 Å². The maximum absolute atomic E-state index is 10.3. The van der Waals surface area contributed by atoms with Crippen molar-refractivity contribution in [2.24, 2.45) is 0 Å². The van der Waals surface area contributed by atoms with Gasteiger partial charge in [0.25, 0.3) is 0 Å². The van der Waals surface area contributed by atoms with Crippen LogP contribution in [0.4, 0.5) is 5.69 Å². The van der Waals surface area contributed by atoms with E-state index in [0.717, 1.165) is 5.69 Å². The predicted molar refractivity (Wildman–Crippen MR) is 49.7 cm³/mol. The van der Waals surface area contributed by atoms with Crippen LogP contribution in [0.25, 0.3) is 0 Å². The van der Waals surface area contributed by atoms with Gasteiger partial charge in [0.1, 0.15) is 0 Å². The monoisotopic (exact) mass is 185 g/mol. The molecular formula is C8H11NO2S. The standard InChI is InChI=1S/C8H11NO2S/c1-6(4-8(10)11)9-7-2-3-12-5-7/h2-3,5-6,9H,4H2,1H3,(H,10,11). The normalized spacial score (nSPS) is 12.4. The number of anilines is 1. The Balaban J connectivity index is 2.36. The van der Waals surface area contributed by atoms with Gasteiger partial charge < -0.3 is 10.4 Å². The fourth-order valence-electron chi connectivity index (χ4n) is 0.944. The van der Waals surface area contributed by atoms with Gasteiger partial charge in [-0.1, -0.05) is 0 Å². The van der Waals surface area contributed by atoms with Gasteiger partial charge in [0.15, 0.2) is 0 Å². The Morgan fingerprint density at radius 1 is 1.83 bits per heavy atom. The van der Waals surface area contributed by atoms with Crippen LogP contribution < -0.4 is 5.32 Å². The number of carboxylic acid groups (broad SMARTS) is 1. The van der Waals surface area contributed by atoms with E-state index in [0.29, 0.717) is 0 Å². The highest BCUT2D eigenvalue weighted by Crippen LogP contribution is 2.13. The number of rotatable bonds is 4. The molecule has 1 unspecified atom stereocenters. The van der Waals surface area contributed by atoms with Gasteiger partial charge in [0.05, 0.1) is 6.42 Å². The Bertz CT molecular complexity index is 246. The molecule has 0 fully saturated rings. The van der Waals surface area contributed by atoms with E-state index >= 15 is 0 Å². The minimum atomic E-state index is -0.773. The van der Waals surface area contributed by atoms with Crippen molar-refractivity contribution in [1.29, 1.82) is 0 Å². The first-order valence-electron chi connectivity index (χ1n) is 3.69. The molecule has 0 aliphatic rings. The SMILES string of the molecule is CC(CC(=O)O)Nc1ccsc1. The molecule has 1 heterocycles. The van der Waals surface area contributed by atoms with Crippen molar-refractivity contribution in [2.75, 3.05) is 5.32 Å². The molecule has 4 heteroatoms. The number of thiophene rings is 1. The summed E-state index contributed by atoms with van der Waals surface area (Å²) in [6, 6.07) is 1.92. The molecule has 0 saturated carbocycles. The largest absolute Gasteiger partial charge is 0.481 e. The van der Waals surface area contributed by atoms with Crippen LogP contribution in [0, 0.1) is 0 Å². The Labute approximate surface area is 75.0 Å². The van der Waals surface area contributed by atoms with Crippen LogP contribution in [0.2, 0.25) is 0 Å². The highest BCUT2D eigenvalue weighted by Gasteiger charge is 2.06. The number of aliphatic carboxylic acids is 1. The van der Waals surface area contributed by atoms with E-state index in [4.69, 9.17) is 5.11 Å². The fraction of sp³-hybridized carbons (Fsp3) is 0.375. The third kappa shape index (κ3) is 2.92. The van der Waals surface area contributed by atoms with E-state index in [2.05, 4.69) is 5.32 Å². The molecule has 0 radical (unpaired) electrons. The number of carbonyl (C=O) groups is 1. The summed E-state index contributed by atoms with van der Waals surface area (Å²) >= 11 is 1.59. The van der Waals surface area contributed by atoms with Crippen molar-refractivity contribution in [2.45, 2.75) is 19.4 Å². The highest BCUT2D eigenvalue weighted by atomic mass is 32.1. The lowest BCUT2D eigenvalue weighted by molar-refractivity contribution is -0.137. The summed E-state index contributed by atoms with van der Waals surface area (Å²) < 4.78 is 0. The van der Waals surface area contributed by atoms with Crippen molar-refractivity contribution >= 4 is 23.0 Å². The van der Waals surface area contributed by atoms with Gasteiger partial charge in [-0.15, -0.1) is 0 Å². The maximum atomic E-state index is 10.3. The third-order valence-corrected chi connectivity index (χ3v) is 2.10. The second kappa shape index (κ2) is 4.11. The summed E-state index contributed by atoms with van der Waals surface area (Å²) in [5.41, 5.74) is 0.994. The van der Waals surface area contributed by atoms with E-state index in [1.807, 2.05) is 23.8 Å². The number of nitrogens with one attached hydrogen (secondary N) is 1. The molecule has 2 N–H and O–H groups in total. The van der Waals surface area contributed by atoms with Crippen LogP contribution >= 0.6 is 11.3 Å². The Hall–Kier alpha value is -1.03. The molecule has 0 aliphatic heterocycles. The van der Waals surface area contributed by atoms with E-state index in [1.54, 1.807) is 11.3 Å². The number of carboxylic acids is 1. The third-order valence-electron chi connectivity index (χ3n) is 1.42.